The zero-order valence-corrected chi connectivity index (χ0v) is 7.52. The van der Waals surface area contributed by atoms with E-state index in [2.05, 4.69) is 11.2 Å². The van der Waals surface area contributed by atoms with Crippen LogP contribution >= 0.6 is 0 Å². The SMILES string of the molecule is Cc1cc(C#N)c2c(C#N)cnn2c1. The molecule has 2 heterocycles. The molecule has 0 amide bonds. The van der Waals surface area contributed by atoms with Crippen LogP contribution in [0.25, 0.3) is 5.52 Å². The summed E-state index contributed by atoms with van der Waals surface area (Å²) in [5.74, 6) is 0. The Morgan fingerprint density at radius 2 is 2.00 bits per heavy atom. The van der Waals surface area contributed by atoms with Crippen molar-refractivity contribution in [3.05, 3.63) is 35.2 Å². The van der Waals surface area contributed by atoms with Crippen molar-refractivity contribution >= 4 is 5.52 Å². The van der Waals surface area contributed by atoms with Gasteiger partial charge in [-0.25, -0.2) is 4.52 Å². The molecular weight excluding hydrogens is 176 g/mol. The predicted octanol–water partition coefficient (Wildman–Crippen LogP) is 1.39. The van der Waals surface area contributed by atoms with Gasteiger partial charge in [0, 0.05) is 6.20 Å². The molecular formula is C10H6N4. The van der Waals surface area contributed by atoms with Crippen molar-refractivity contribution in [3.63, 3.8) is 0 Å². The Bertz CT molecular complexity index is 580. The first-order chi connectivity index (χ1) is 6.76. The van der Waals surface area contributed by atoms with Crippen molar-refractivity contribution in [2.75, 3.05) is 0 Å². The van der Waals surface area contributed by atoms with Crippen molar-refractivity contribution in [2.45, 2.75) is 6.92 Å². The van der Waals surface area contributed by atoms with Gasteiger partial charge in [0.2, 0.25) is 0 Å². The Morgan fingerprint density at radius 1 is 1.29 bits per heavy atom. The maximum Gasteiger partial charge on any atom is 0.103 e. The molecule has 0 aromatic carbocycles. The smallest absolute Gasteiger partial charge is 0.103 e. The summed E-state index contributed by atoms with van der Waals surface area (Å²) in [6.07, 6.45) is 3.26. The Morgan fingerprint density at radius 3 is 2.64 bits per heavy atom. The molecule has 66 valence electrons. The van der Waals surface area contributed by atoms with Gasteiger partial charge in [-0.3, -0.25) is 0 Å². The highest BCUT2D eigenvalue weighted by Gasteiger charge is 2.08. The number of nitrogens with zero attached hydrogens (tertiary/aromatic N) is 4. The summed E-state index contributed by atoms with van der Waals surface area (Å²) in [4.78, 5) is 0. The van der Waals surface area contributed by atoms with E-state index in [1.54, 1.807) is 16.8 Å². The van der Waals surface area contributed by atoms with Gasteiger partial charge < -0.3 is 0 Å². The van der Waals surface area contributed by atoms with Gasteiger partial charge in [0.15, 0.2) is 0 Å². The standard InChI is InChI=1S/C10H6N4/c1-7-2-8(3-11)10-9(4-12)5-13-14(10)6-7/h2,5-6H,1H3. The van der Waals surface area contributed by atoms with Crippen LogP contribution in [-0.4, -0.2) is 9.61 Å². The zero-order chi connectivity index (χ0) is 10.1. The van der Waals surface area contributed by atoms with Gasteiger partial charge in [0.1, 0.15) is 17.7 Å². The predicted molar refractivity (Wildman–Crippen MR) is 49.4 cm³/mol. The highest BCUT2D eigenvalue weighted by molar-refractivity contribution is 5.69. The van der Waals surface area contributed by atoms with Crippen LogP contribution in [0, 0.1) is 29.6 Å². The number of hydrogen-bond acceptors (Lipinski definition) is 3. The minimum Gasteiger partial charge on any atom is -0.238 e. The molecule has 2 aromatic rings. The average molecular weight is 182 g/mol. The van der Waals surface area contributed by atoms with Crippen molar-refractivity contribution in [1.82, 2.24) is 9.61 Å². The number of rotatable bonds is 0. The third-order valence-corrected chi connectivity index (χ3v) is 1.99. The second-order valence-corrected chi connectivity index (χ2v) is 3.01. The molecule has 0 atom stereocenters. The van der Waals surface area contributed by atoms with Crippen LogP contribution in [0.15, 0.2) is 18.5 Å². The molecule has 2 aromatic heterocycles. The van der Waals surface area contributed by atoms with E-state index in [0.29, 0.717) is 16.6 Å². The molecule has 0 N–H and O–H groups in total. The molecule has 0 saturated heterocycles. The summed E-state index contributed by atoms with van der Waals surface area (Å²) >= 11 is 0. The Balaban J connectivity index is 2.96. The van der Waals surface area contributed by atoms with E-state index >= 15 is 0 Å². The van der Waals surface area contributed by atoms with Crippen LogP contribution in [-0.2, 0) is 0 Å². The van der Waals surface area contributed by atoms with E-state index in [1.807, 2.05) is 13.0 Å². The molecule has 4 nitrogen and oxygen atoms in total. The molecule has 0 radical (unpaired) electrons. The summed E-state index contributed by atoms with van der Waals surface area (Å²) in [5.41, 5.74) is 2.45. The molecule has 0 unspecified atom stereocenters. The first kappa shape index (κ1) is 8.28. The highest BCUT2D eigenvalue weighted by atomic mass is 15.2. The van der Waals surface area contributed by atoms with Gasteiger partial charge >= 0.3 is 0 Å². The maximum atomic E-state index is 8.90. The lowest BCUT2D eigenvalue weighted by atomic mass is 10.1. The fourth-order valence-electron chi connectivity index (χ4n) is 1.42. The van der Waals surface area contributed by atoms with Crippen molar-refractivity contribution in [3.8, 4) is 12.1 Å². The van der Waals surface area contributed by atoms with Crippen molar-refractivity contribution in [1.29, 1.82) is 10.5 Å². The third kappa shape index (κ3) is 1.02. The number of fused-ring (bicyclic) bond motifs is 1. The van der Waals surface area contributed by atoms with E-state index in [-0.39, 0.29) is 0 Å². The summed E-state index contributed by atoms with van der Waals surface area (Å²) in [6, 6.07) is 5.82. The number of nitriles is 2. The molecule has 4 heteroatoms. The van der Waals surface area contributed by atoms with E-state index in [9.17, 15) is 0 Å². The summed E-state index contributed by atoms with van der Waals surface area (Å²) in [6.45, 7) is 1.88. The van der Waals surface area contributed by atoms with Gasteiger partial charge in [-0.15, -0.1) is 0 Å². The number of hydrogen-bond donors (Lipinski definition) is 0. The highest BCUT2D eigenvalue weighted by Crippen LogP contribution is 2.16. The minimum absolute atomic E-state index is 0.432. The fourth-order valence-corrected chi connectivity index (χ4v) is 1.42. The van der Waals surface area contributed by atoms with Crippen molar-refractivity contribution in [2.24, 2.45) is 0 Å². The summed E-state index contributed by atoms with van der Waals surface area (Å²) in [7, 11) is 0. The second-order valence-electron chi connectivity index (χ2n) is 3.01. The lowest BCUT2D eigenvalue weighted by Crippen LogP contribution is -1.92. The van der Waals surface area contributed by atoms with Crippen LogP contribution in [0.4, 0.5) is 0 Å². The molecule has 0 fully saturated rings. The summed E-state index contributed by atoms with van der Waals surface area (Å²) < 4.78 is 1.56. The Hall–Kier alpha value is -2.33. The fraction of sp³-hybridized carbons (Fsp3) is 0.100. The second kappa shape index (κ2) is 2.86. The molecule has 0 aliphatic carbocycles. The molecule has 2 rings (SSSR count). The van der Waals surface area contributed by atoms with Crippen LogP contribution in [0.1, 0.15) is 16.7 Å². The van der Waals surface area contributed by atoms with E-state index < -0.39 is 0 Å². The molecule has 0 bridgehead atoms. The topological polar surface area (TPSA) is 64.9 Å². The van der Waals surface area contributed by atoms with Gasteiger partial charge in [-0.2, -0.15) is 15.6 Å². The largest absolute Gasteiger partial charge is 0.238 e. The Labute approximate surface area is 80.6 Å². The molecule has 0 saturated carbocycles. The third-order valence-electron chi connectivity index (χ3n) is 1.99. The monoisotopic (exact) mass is 182 g/mol. The quantitative estimate of drug-likeness (QED) is 0.618. The number of aromatic nitrogens is 2. The zero-order valence-electron chi connectivity index (χ0n) is 7.52. The van der Waals surface area contributed by atoms with Gasteiger partial charge in [0.05, 0.1) is 17.3 Å². The minimum atomic E-state index is 0.432. The van der Waals surface area contributed by atoms with Gasteiger partial charge in [0.25, 0.3) is 0 Å². The molecule has 14 heavy (non-hydrogen) atoms. The lowest BCUT2D eigenvalue weighted by Gasteiger charge is -1.98. The van der Waals surface area contributed by atoms with Gasteiger partial charge in [-0.05, 0) is 18.6 Å². The number of aryl methyl sites for hydroxylation is 1. The van der Waals surface area contributed by atoms with E-state index in [1.165, 1.54) is 6.20 Å². The average Bonchev–Trinajstić information content (AvgIpc) is 2.59. The van der Waals surface area contributed by atoms with Crippen LogP contribution < -0.4 is 0 Å². The Kier molecular flexibility index (Phi) is 1.69. The maximum absolute atomic E-state index is 8.90. The van der Waals surface area contributed by atoms with Crippen LogP contribution in [0.3, 0.4) is 0 Å². The first-order valence-electron chi connectivity index (χ1n) is 4.04. The lowest BCUT2D eigenvalue weighted by molar-refractivity contribution is 0.949. The van der Waals surface area contributed by atoms with E-state index in [4.69, 9.17) is 10.5 Å². The van der Waals surface area contributed by atoms with E-state index in [0.717, 1.165) is 5.56 Å². The first-order valence-corrected chi connectivity index (χ1v) is 4.04. The number of pyridine rings is 1. The van der Waals surface area contributed by atoms with Crippen LogP contribution in [0.2, 0.25) is 0 Å². The molecule has 0 aliphatic heterocycles. The van der Waals surface area contributed by atoms with Gasteiger partial charge in [-0.1, -0.05) is 0 Å². The normalized spacial score (nSPS) is 9.64. The van der Waals surface area contributed by atoms with Crippen LogP contribution in [0.5, 0.6) is 0 Å². The molecule has 0 spiro atoms. The summed E-state index contributed by atoms with van der Waals surface area (Å²) in [5, 5.41) is 21.7. The molecule has 0 aliphatic rings. The van der Waals surface area contributed by atoms with Crippen molar-refractivity contribution < 1.29 is 0 Å².